The largest absolute Gasteiger partial charge is 0.469 e. The van der Waals surface area contributed by atoms with Crippen molar-refractivity contribution in [3.63, 3.8) is 0 Å². The maximum absolute atomic E-state index is 11.9. The molecule has 0 amide bonds. The standard InChI is InChI=1S/C13H22O6S2/c1-5-6-9(12(16)19-4)13(20-7-10(14)17-2)21-8-11(15)18-3/h9,13H,5-8H2,1-4H3. The van der Waals surface area contributed by atoms with Crippen molar-refractivity contribution in [3.8, 4) is 0 Å². The van der Waals surface area contributed by atoms with Gasteiger partial charge in [-0.2, -0.15) is 0 Å². The molecule has 0 aliphatic rings. The van der Waals surface area contributed by atoms with Gasteiger partial charge in [0.2, 0.25) is 0 Å². The van der Waals surface area contributed by atoms with Crippen LogP contribution in [0.5, 0.6) is 0 Å². The van der Waals surface area contributed by atoms with E-state index in [4.69, 9.17) is 4.74 Å². The highest BCUT2D eigenvalue weighted by molar-refractivity contribution is 8.17. The number of hydrogen-bond donors (Lipinski definition) is 0. The molecular weight excluding hydrogens is 316 g/mol. The van der Waals surface area contributed by atoms with Gasteiger partial charge in [0.25, 0.3) is 0 Å². The Kier molecular flexibility index (Phi) is 11.2. The van der Waals surface area contributed by atoms with E-state index >= 15 is 0 Å². The molecule has 0 aromatic carbocycles. The summed E-state index contributed by atoms with van der Waals surface area (Å²) >= 11 is 2.56. The molecule has 0 bridgehead atoms. The Morgan fingerprint density at radius 3 is 1.71 bits per heavy atom. The van der Waals surface area contributed by atoms with Gasteiger partial charge in [0.15, 0.2) is 0 Å². The predicted molar refractivity (Wildman–Crippen MR) is 83.2 cm³/mol. The first-order valence-electron chi connectivity index (χ1n) is 6.44. The summed E-state index contributed by atoms with van der Waals surface area (Å²) in [5.41, 5.74) is 0. The molecule has 0 aromatic rings. The minimum atomic E-state index is -0.385. The van der Waals surface area contributed by atoms with E-state index in [9.17, 15) is 14.4 Å². The molecule has 0 aliphatic carbocycles. The molecule has 122 valence electrons. The van der Waals surface area contributed by atoms with E-state index in [0.29, 0.717) is 6.42 Å². The normalized spacial score (nSPS) is 11.9. The van der Waals surface area contributed by atoms with Crippen molar-refractivity contribution in [1.82, 2.24) is 0 Å². The van der Waals surface area contributed by atoms with E-state index in [1.807, 2.05) is 6.92 Å². The van der Waals surface area contributed by atoms with Gasteiger partial charge >= 0.3 is 17.9 Å². The van der Waals surface area contributed by atoms with Crippen LogP contribution in [-0.2, 0) is 28.6 Å². The van der Waals surface area contributed by atoms with Gasteiger partial charge in [-0.3, -0.25) is 14.4 Å². The van der Waals surface area contributed by atoms with Gasteiger partial charge in [-0.15, -0.1) is 23.5 Å². The molecular formula is C13H22O6S2. The first kappa shape index (κ1) is 20.1. The van der Waals surface area contributed by atoms with Crippen LogP contribution in [0.3, 0.4) is 0 Å². The van der Waals surface area contributed by atoms with Crippen LogP contribution in [0.2, 0.25) is 0 Å². The van der Waals surface area contributed by atoms with Crippen molar-refractivity contribution in [1.29, 1.82) is 0 Å². The maximum atomic E-state index is 11.9. The van der Waals surface area contributed by atoms with Gasteiger partial charge in [-0.05, 0) is 6.42 Å². The fourth-order valence-electron chi connectivity index (χ4n) is 1.53. The van der Waals surface area contributed by atoms with E-state index in [-0.39, 0.29) is 39.9 Å². The second kappa shape index (κ2) is 11.7. The van der Waals surface area contributed by atoms with Crippen molar-refractivity contribution >= 4 is 41.4 Å². The van der Waals surface area contributed by atoms with Crippen molar-refractivity contribution in [2.24, 2.45) is 5.92 Å². The van der Waals surface area contributed by atoms with E-state index in [2.05, 4.69) is 9.47 Å². The van der Waals surface area contributed by atoms with Crippen molar-refractivity contribution in [2.75, 3.05) is 32.8 Å². The summed E-state index contributed by atoms with van der Waals surface area (Å²) in [4.78, 5) is 34.4. The second-order valence-corrected chi connectivity index (χ2v) is 6.62. The number of thioether (sulfide) groups is 2. The lowest BCUT2D eigenvalue weighted by Gasteiger charge is -2.23. The van der Waals surface area contributed by atoms with Crippen LogP contribution < -0.4 is 0 Å². The fourth-order valence-corrected chi connectivity index (χ4v) is 4.11. The monoisotopic (exact) mass is 338 g/mol. The Hall–Kier alpha value is -0.890. The zero-order valence-electron chi connectivity index (χ0n) is 12.7. The van der Waals surface area contributed by atoms with Gasteiger partial charge in [0, 0.05) is 0 Å². The maximum Gasteiger partial charge on any atom is 0.315 e. The average molecular weight is 338 g/mol. The predicted octanol–water partition coefficient (Wildman–Crippen LogP) is 1.71. The molecule has 0 radical (unpaired) electrons. The number of esters is 3. The molecule has 0 saturated heterocycles. The van der Waals surface area contributed by atoms with Crippen LogP contribution in [0.1, 0.15) is 19.8 Å². The molecule has 1 atom stereocenters. The van der Waals surface area contributed by atoms with E-state index < -0.39 is 0 Å². The van der Waals surface area contributed by atoms with Crippen molar-refractivity contribution in [3.05, 3.63) is 0 Å². The lowest BCUT2D eigenvalue weighted by atomic mass is 10.1. The molecule has 6 nitrogen and oxygen atoms in total. The number of ether oxygens (including phenoxy) is 3. The highest BCUT2D eigenvalue weighted by Crippen LogP contribution is 2.34. The molecule has 1 unspecified atom stereocenters. The smallest absolute Gasteiger partial charge is 0.315 e. The van der Waals surface area contributed by atoms with Crippen LogP contribution in [0.15, 0.2) is 0 Å². The fraction of sp³-hybridized carbons (Fsp3) is 0.769. The summed E-state index contributed by atoms with van der Waals surface area (Å²) in [6, 6.07) is 0. The van der Waals surface area contributed by atoms with Crippen LogP contribution in [0.25, 0.3) is 0 Å². The van der Waals surface area contributed by atoms with E-state index in [1.165, 1.54) is 44.9 Å². The SMILES string of the molecule is CCCC(C(=O)OC)C(SCC(=O)OC)SCC(=O)OC. The first-order chi connectivity index (χ1) is 9.99. The van der Waals surface area contributed by atoms with E-state index in [1.54, 1.807) is 0 Å². The topological polar surface area (TPSA) is 78.9 Å². The number of carbonyl (C=O) groups is 3. The van der Waals surface area contributed by atoms with Crippen LogP contribution >= 0.6 is 23.5 Å². The molecule has 0 fully saturated rings. The highest BCUT2D eigenvalue weighted by Gasteiger charge is 2.30. The molecule has 0 aliphatic heterocycles. The summed E-state index contributed by atoms with van der Waals surface area (Å²) in [5, 5.41) is 0. The summed E-state index contributed by atoms with van der Waals surface area (Å²) in [6.07, 6.45) is 1.42. The quantitative estimate of drug-likeness (QED) is 0.338. The Labute approximate surface area is 133 Å². The van der Waals surface area contributed by atoms with Gasteiger partial charge in [0.1, 0.15) is 0 Å². The van der Waals surface area contributed by atoms with Crippen molar-refractivity contribution < 1.29 is 28.6 Å². The lowest BCUT2D eigenvalue weighted by Crippen LogP contribution is -2.27. The van der Waals surface area contributed by atoms with Gasteiger partial charge in [-0.1, -0.05) is 13.3 Å². The second-order valence-electron chi connectivity index (χ2n) is 4.06. The van der Waals surface area contributed by atoms with Gasteiger partial charge in [-0.25, -0.2) is 0 Å². The number of hydrogen-bond acceptors (Lipinski definition) is 8. The van der Waals surface area contributed by atoms with E-state index in [0.717, 1.165) is 6.42 Å². The molecule has 0 spiro atoms. The summed E-state index contributed by atoms with van der Waals surface area (Å²) in [7, 11) is 3.95. The summed E-state index contributed by atoms with van der Waals surface area (Å²) in [5.74, 6) is -1.23. The molecule has 0 N–H and O–H groups in total. The summed E-state index contributed by atoms with van der Waals surface area (Å²) < 4.78 is 13.7. The molecule has 0 heterocycles. The lowest BCUT2D eigenvalue weighted by molar-refractivity contribution is -0.145. The van der Waals surface area contributed by atoms with Crippen LogP contribution in [-0.4, -0.2) is 55.3 Å². The third-order valence-electron chi connectivity index (χ3n) is 2.62. The Morgan fingerprint density at radius 2 is 1.38 bits per heavy atom. The third kappa shape index (κ3) is 8.21. The third-order valence-corrected chi connectivity index (χ3v) is 5.55. The first-order valence-corrected chi connectivity index (χ1v) is 8.54. The number of carbonyl (C=O) groups excluding carboxylic acids is 3. The minimum absolute atomic E-state index is 0.118. The summed E-state index contributed by atoms with van der Waals surface area (Å²) in [6.45, 7) is 1.96. The zero-order valence-corrected chi connectivity index (χ0v) is 14.4. The number of methoxy groups -OCH3 is 3. The molecule has 8 heteroatoms. The van der Waals surface area contributed by atoms with Gasteiger partial charge < -0.3 is 14.2 Å². The van der Waals surface area contributed by atoms with Crippen molar-refractivity contribution in [2.45, 2.75) is 24.3 Å². The Bertz CT molecular complexity index is 328. The zero-order chi connectivity index (χ0) is 16.3. The van der Waals surface area contributed by atoms with Crippen LogP contribution in [0.4, 0.5) is 0 Å². The highest BCUT2D eigenvalue weighted by atomic mass is 32.2. The number of rotatable bonds is 10. The van der Waals surface area contributed by atoms with Gasteiger partial charge in [0.05, 0.1) is 43.3 Å². The molecule has 0 saturated carbocycles. The Balaban J connectivity index is 4.81. The molecule has 21 heavy (non-hydrogen) atoms. The minimum Gasteiger partial charge on any atom is -0.469 e. The molecule has 0 aromatic heterocycles. The Morgan fingerprint density at radius 1 is 0.905 bits per heavy atom. The average Bonchev–Trinajstić information content (AvgIpc) is 2.51. The molecule has 0 rings (SSSR count). The van der Waals surface area contributed by atoms with Crippen LogP contribution in [0, 0.1) is 5.92 Å².